The number of nitrogens with zero attached hydrogens (tertiary/aromatic N) is 2. The first-order valence-electron chi connectivity index (χ1n) is 11.1. The van der Waals surface area contributed by atoms with E-state index in [1.165, 1.54) is 4.90 Å². The number of imide groups is 1. The van der Waals surface area contributed by atoms with Crippen LogP contribution in [0.1, 0.15) is 67.2 Å². The number of carbonyl (C=O) groups excluding carboxylic acids is 4. The van der Waals surface area contributed by atoms with E-state index in [9.17, 15) is 19.2 Å². The number of carboxylic acid groups (broad SMARTS) is 2. The van der Waals surface area contributed by atoms with Crippen molar-refractivity contribution < 1.29 is 68.5 Å². The van der Waals surface area contributed by atoms with Crippen LogP contribution in [0.3, 0.4) is 0 Å². The number of aliphatic carboxylic acids is 2. The van der Waals surface area contributed by atoms with Crippen molar-refractivity contribution in [3.05, 3.63) is 0 Å². The molecule has 5 amide bonds. The Morgan fingerprint density at radius 1 is 1.12 bits per heavy atom. The van der Waals surface area contributed by atoms with Crippen molar-refractivity contribution in [2.45, 2.75) is 91.6 Å². The summed E-state index contributed by atoms with van der Waals surface area (Å²) in [6.07, 6.45) is 1.65. The second kappa shape index (κ2) is 17.5. The third-order valence-corrected chi connectivity index (χ3v) is 4.66. The molecule has 1 aliphatic rings. The van der Waals surface area contributed by atoms with E-state index in [2.05, 4.69) is 10.6 Å². The molecule has 0 aromatic heterocycles. The van der Waals surface area contributed by atoms with Crippen molar-refractivity contribution in [3.8, 4) is 0 Å². The molecule has 3 N–H and O–H groups in total. The largest absolute Gasteiger partial charge is 1.00 e. The fraction of sp³-hybridized carbons (Fsp3) is 0.762. The summed E-state index contributed by atoms with van der Waals surface area (Å²) < 4.78 is 5.63. The third-order valence-electron chi connectivity index (χ3n) is 4.66. The molecule has 190 valence electrons. The van der Waals surface area contributed by atoms with Gasteiger partial charge < -0.3 is 35.3 Å². The van der Waals surface area contributed by atoms with E-state index in [-0.39, 0.29) is 54.2 Å². The Balaban J connectivity index is 0. The van der Waals surface area contributed by atoms with Crippen molar-refractivity contribution in [3.63, 3.8) is 0 Å². The van der Waals surface area contributed by atoms with Crippen molar-refractivity contribution >= 4 is 29.9 Å². The Kier molecular flexibility index (Phi) is 17.7. The number of nitrogens with one attached hydrogen (secondary N) is 2. The van der Waals surface area contributed by atoms with Crippen molar-refractivity contribution in [1.82, 2.24) is 20.4 Å². The average molecular weight is 497 g/mol. The van der Waals surface area contributed by atoms with Gasteiger partial charge >= 0.3 is 47.6 Å². The van der Waals surface area contributed by atoms with Crippen LogP contribution in [-0.2, 0) is 19.1 Å². The van der Waals surface area contributed by atoms with Gasteiger partial charge in [0.25, 0.3) is 0 Å². The second-order valence-electron chi connectivity index (χ2n) is 7.95. The molecule has 0 aromatic rings. The first-order chi connectivity index (χ1) is 15.3. The molecular weight excluding hydrogens is 459 g/mol. The standard InChI is InChI=1S/C19H34N4O6.C2H4O2.Na/c1-6-13(5)20-18(27)23(11-16(24)25)19(28)22-10-8-9-14(22)17(26)21-15(7-2)29-12(3)4;1-2(3)4;/h12-15H,6-11H2,1-5H3,(H,20,27)(H,21,26)(H,24,25);1H3,(H,3,4);/q;;+1/p-1. The molecule has 12 nitrogen and oxygen atoms in total. The zero-order valence-corrected chi connectivity index (χ0v) is 23.3. The van der Waals surface area contributed by atoms with Gasteiger partial charge in [0, 0.05) is 18.6 Å². The predicted octanol–water partition coefficient (Wildman–Crippen LogP) is -2.50. The smallest absolute Gasteiger partial charge is 0.550 e. The van der Waals surface area contributed by atoms with Gasteiger partial charge in [-0.3, -0.25) is 9.59 Å². The first-order valence-corrected chi connectivity index (χ1v) is 11.1. The summed E-state index contributed by atoms with van der Waals surface area (Å²) in [5.41, 5.74) is 0. The Morgan fingerprint density at radius 2 is 1.68 bits per heavy atom. The quantitative estimate of drug-likeness (QED) is 0.233. The molecular formula is C21H37N4NaO8. The van der Waals surface area contributed by atoms with Crippen molar-refractivity contribution in [2.24, 2.45) is 0 Å². The van der Waals surface area contributed by atoms with Gasteiger partial charge in [0.05, 0.1) is 6.10 Å². The number of ether oxygens (including phenoxy) is 1. The Morgan fingerprint density at radius 3 is 2.12 bits per heavy atom. The molecule has 0 aromatic carbocycles. The van der Waals surface area contributed by atoms with Gasteiger partial charge in [0.15, 0.2) is 0 Å². The molecule has 0 aliphatic carbocycles. The van der Waals surface area contributed by atoms with Gasteiger partial charge in [0.2, 0.25) is 5.91 Å². The van der Waals surface area contributed by atoms with E-state index in [4.69, 9.17) is 19.7 Å². The summed E-state index contributed by atoms with van der Waals surface area (Å²) in [5, 5.41) is 23.4. The molecule has 34 heavy (non-hydrogen) atoms. The molecule has 1 heterocycles. The van der Waals surface area contributed by atoms with E-state index < -0.39 is 42.8 Å². The minimum atomic E-state index is -1.31. The van der Waals surface area contributed by atoms with Gasteiger partial charge in [-0.15, -0.1) is 0 Å². The fourth-order valence-corrected chi connectivity index (χ4v) is 2.99. The van der Waals surface area contributed by atoms with Crippen LogP contribution < -0.4 is 45.3 Å². The van der Waals surface area contributed by atoms with E-state index in [1.807, 2.05) is 27.7 Å². The minimum Gasteiger partial charge on any atom is -0.550 e. The van der Waals surface area contributed by atoms with Gasteiger partial charge in [-0.2, -0.15) is 0 Å². The van der Waals surface area contributed by atoms with Crippen LogP contribution in [0.15, 0.2) is 0 Å². The summed E-state index contributed by atoms with van der Waals surface area (Å²) in [7, 11) is 0. The third kappa shape index (κ3) is 13.1. The van der Waals surface area contributed by atoms with Crippen LogP contribution in [0.2, 0.25) is 0 Å². The van der Waals surface area contributed by atoms with Crippen LogP contribution in [0.4, 0.5) is 9.59 Å². The summed E-state index contributed by atoms with van der Waals surface area (Å²) >= 11 is 0. The summed E-state index contributed by atoms with van der Waals surface area (Å²) in [6, 6.07) is -2.57. The number of rotatable bonds is 9. The monoisotopic (exact) mass is 496 g/mol. The summed E-state index contributed by atoms with van der Waals surface area (Å²) in [4.78, 5) is 60.1. The van der Waals surface area contributed by atoms with Gasteiger partial charge in [-0.1, -0.05) is 13.8 Å². The maximum absolute atomic E-state index is 13.0. The molecule has 3 atom stereocenters. The van der Waals surface area contributed by atoms with Crippen molar-refractivity contribution in [2.75, 3.05) is 13.1 Å². The minimum absolute atomic E-state index is 0. The zero-order valence-electron chi connectivity index (χ0n) is 21.3. The number of carboxylic acids is 2. The normalized spacial score (nSPS) is 16.3. The molecule has 1 rings (SSSR count). The summed E-state index contributed by atoms with van der Waals surface area (Å²) in [6.45, 7) is 9.68. The van der Waals surface area contributed by atoms with Crippen LogP contribution in [0.5, 0.6) is 0 Å². The second-order valence-corrected chi connectivity index (χ2v) is 7.95. The van der Waals surface area contributed by atoms with Crippen molar-refractivity contribution in [1.29, 1.82) is 0 Å². The Hall–Kier alpha value is -1.89. The van der Waals surface area contributed by atoms with Gasteiger partial charge in [-0.05, 0) is 53.4 Å². The topological polar surface area (TPSA) is 168 Å². The van der Waals surface area contributed by atoms with Crippen LogP contribution in [0.25, 0.3) is 0 Å². The van der Waals surface area contributed by atoms with E-state index >= 15 is 0 Å². The van der Waals surface area contributed by atoms with Crippen LogP contribution in [0, 0.1) is 0 Å². The average Bonchev–Trinajstić information content (AvgIpc) is 3.19. The number of hydrogen-bond acceptors (Lipinski definition) is 7. The van der Waals surface area contributed by atoms with Crippen LogP contribution >= 0.6 is 0 Å². The molecule has 0 radical (unpaired) electrons. The number of hydrogen-bond donors (Lipinski definition) is 3. The zero-order chi connectivity index (χ0) is 25.7. The maximum Gasteiger partial charge on any atom is 1.00 e. The summed E-state index contributed by atoms with van der Waals surface area (Å²) in [5.74, 6) is -2.77. The molecule has 0 spiro atoms. The molecule has 0 bridgehead atoms. The van der Waals surface area contributed by atoms with Crippen LogP contribution in [-0.4, -0.2) is 82.3 Å². The number of urea groups is 2. The Labute approximate surface area is 223 Å². The SMILES string of the molecule is CC(=O)[O-].CCC(C)NC(=O)N(CC(=O)O)C(=O)N1CCCC1C(=O)NC(CC)OC(C)C.[Na+]. The Bertz CT molecular complexity index is 688. The first kappa shape index (κ1) is 34.3. The molecule has 13 heteroatoms. The number of likely N-dealkylation sites (tertiary alicyclic amines) is 1. The fourth-order valence-electron chi connectivity index (χ4n) is 2.99. The number of carbonyl (C=O) groups is 5. The van der Waals surface area contributed by atoms with Gasteiger partial charge in [0.1, 0.15) is 18.8 Å². The van der Waals surface area contributed by atoms with Gasteiger partial charge in [-0.25, -0.2) is 14.5 Å². The number of amides is 5. The maximum atomic E-state index is 13.0. The molecule has 0 saturated carbocycles. The van der Waals surface area contributed by atoms with E-state index in [0.717, 1.165) is 6.92 Å². The van der Waals surface area contributed by atoms with E-state index in [0.29, 0.717) is 30.6 Å². The molecule has 1 saturated heterocycles. The molecule has 3 unspecified atom stereocenters. The van der Waals surface area contributed by atoms with E-state index in [1.54, 1.807) is 6.92 Å². The predicted molar refractivity (Wildman–Crippen MR) is 117 cm³/mol. The molecule has 1 fully saturated rings. The molecule has 1 aliphatic heterocycles.